The summed E-state index contributed by atoms with van der Waals surface area (Å²) in [6.07, 6.45) is 2.73. The van der Waals surface area contributed by atoms with Gasteiger partial charge in [-0.2, -0.15) is 0 Å². The van der Waals surface area contributed by atoms with Crippen molar-refractivity contribution in [3.63, 3.8) is 0 Å². The van der Waals surface area contributed by atoms with Gasteiger partial charge in [0.1, 0.15) is 11.6 Å². The number of pyridine rings is 1. The minimum Gasteiger partial charge on any atom is -0.384 e. The molecule has 2 aliphatic rings. The fourth-order valence-electron chi connectivity index (χ4n) is 2.71. The number of rotatable bonds is 2. The second kappa shape index (κ2) is 5.73. The molecule has 2 aromatic heterocycles. The summed E-state index contributed by atoms with van der Waals surface area (Å²) in [4.78, 5) is 17.2. The number of anilines is 2. The predicted octanol–water partition coefficient (Wildman–Crippen LogP) is 1.61. The Morgan fingerprint density at radius 1 is 1.18 bits per heavy atom. The summed E-state index contributed by atoms with van der Waals surface area (Å²) in [7, 11) is 0. The van der Waals surface area contributed by atoms with Crippen LogP contribution in [-0.4, -0.2) is 47.0 Å². The third-order valence-electron chi connectivity index (χ3n) is 3.86. The molecule has 0 saturated carbocycles. The van der Waals surface area contributed by atoms with Gasteiger partial charge in [-0.05, 0) is 12.1 Å². The molecule has 2 N–H and O–H groups in total. The molecule has 4 rings (SSSR count). The van der Waals surface area contributed by atoms with Crippen LogP contribution < -0.4 is 10.6 Å². The zero-order valence-corrected chi connectivity index (χ0v) is 13.0. The van der Waals surface area contributed by atoms with Crippen molar-refractivity contribution >= 4 is 23.4 Å². The van der Waals surface area contributed by atoms with E-state index in [0.29, 0.717) is 5.82 Å². The van der Waals surface area contributed by atoms with Crippen LogP contribution in [0.4, 0.5) is 11.6 Å². The molecular weight excluding hydrogens is 298 g/mol. The summed E-state index contributed by atoms with van der Waals surface area (Å²) in [6.45, 7) is 3.26. The quantitative estimate of drug-likeness (QED) is 0.902. The monoisotopic (exact) mass is 315 g/mol. The fraction of sp³-hybridized carbons (Fsp3) is 0.400. The Bertz CT molecular complexity index is 685. The number of morpholine rings is 1. The molecule has 0 atom stereocenters. The Labute approximate surface area is 133 Å². The lowest BCUT2D eigenvalue weighted by Gasteiger charge is -2.29. The van der Waals surface area contributed by atoms with Gasteiger partial charge in [0.15, 0.2) is 5.82 Å². The van der Waals surface area contributed by atoms with Crippen molar-refractivity contribution in [2.45, 2.75) is 11.3 Å². The molecule has 2 aromatic rings. The molecule has 1 saturated heterocycles. The van der Waals surface area contributed by atoms with Gasteiger partial charge in [0.25, 0.3) is 0 Å². The normalized spacial score (nSPS) is 17.5. The lowest BCUT2D eigenvalue weighted by atomic mass is 10.2. The highest BCUT2D eigenvalue weighted by atomic mass is 32.2. The van der Waals surface area contributed by atoms with E-state index in [2.05, 4.69) is 9.88 Å². The largest absolute Gasteiger partial charge is 0.384 e. The summed E-state index contributed by atoms with van der Waals surface area (Å²) in [5.74, 6) is 3.36. The summed E-state index contributed by atoms with van der Waals surface area (Å²) >= 11 is 1.85. The molecule has 2 aliphatic heterocycles. The first-order valence-corrected chi connectivity index (χ1v) is 8.38. The van der Waals surface area contributed by atoms with Gasteiger partial charge < -0.3 is 15.4 Å². The number of thioether (sulfide) groups is 1. The number of aromatic nitrogens is 3. The molecule has 0 amide bonds. The van der Waals surface area contributed by atoms with Crippen LogP contribution in [0.1, 0.15) is 5.69 Å². The lowest BCUT2D eigenvalue weighted by molar-refractivity contribution is 0.122. The van der Waals surface area contributed by atoms with Gasteiger partial charge in [0, 0.05) is 37.0 Å². The Hall–Kier alpha value is -1.86. The van der Waals surface area contributed by atoms with Gasteiger partial charge in [0.05, 0.1) is 23.8 Å². The van der Waals surface area contributed by atoms with E-state index in [1.807, 2.05) is 17.8 Å². The van der Waals surface area contributed by atoms with Gasteiger partial charge in [-0.1, -0.05) is 0 Å². The Morgan fingerprint density at radius 2 is 2.05 bits per heavy atom. The van der Waals surface area contributed by atoms with Crippen LogP contribution >= 0.6 is 11.8 Å². The molecule has 0 aliphatic carbocycles. The molecule has 0 spiro atoms. The second-order valence-electron chi connectivity index (χ2n) is 5.32. The molecule has 0 radical (unpaired) electrons. The minimum atomic E-state index is 0.508. The number of nitrogen functional groups attached to an aromatic ring is 1. The number of nitrogens with two attached hydrogens (primary N) is 1. The average Bonchev–Trinajstić information content (AvgIpc) is 3.04. The Kier molecular flexibility index (Phi) is 3.59. The maximum atomic E-state index is 5.66. The van der Waals surface area contributed by atoms with Crippen molar-refractivity contribution in [3.05, 3.63) is 24.0 Å². The van der Waals surface area contributed by atoms with Crippen LogP contribution in [0.3, 0.4) is 0 Å². The number of aryl methyl sites for hydroxylation is 1. The summed E-state index contributed by atoms with van der Waals surface area (Å²) in [6, 6.07) is 3.71. The fourth-order valence-corrected chi connectivity index (χ4v) is 3.82. The summed E-state index contributed by atoms with van der Waals surface area (Å²) in [5, 5.41) is 0. The summed E-state index contributed by atoms with van der Waals surface area (Å²) in [5.41, 5.74) is 7.72. The van der Waals surface area contributed by atoms with Crippen molar-refractivity contribution in [1.29, 1.82) is 0 Å². The minimum absolute atomic E-state index is 0.508. The molecule has 1 fully saturated rings. The highest BCUT2D eigenvalue weighted by molar-refractivity contribution is 7.99. The first-order valence-electron chi connectivity index (χ1n) is 7.39. The van der Waals surface area contributed by atoms with Crippen molar-refractivity contribution < 1.29 is 4.74 Å². The van der Waals surface area contributed by atoms with E-state index in [1.165, 1.54) is 4.90 Å². The van der Waals surface area contributed by atoms with Crippen LogP contribution in [0.25, 0.3) is 11.4 Å². The first kappa shape index (κ1) is 13.8. The lowest BCUT2D eigenvalue weighted by Crippen LogP contribution is -2.37. The molecule has 0 bridgehead atoms. The predicted molar refractivity (Wildman–Crippen MR) is 87.1 cm³/mol. The maximum Gasteiger partial charge on any atom is 0.163 e. The topological polar surface area (TPSA) is 77.2 Å². The summed E-state index contributed by atoms with van der Waals surface area (Å²) < 4.78 is 5.45. The standard InChI is InChI=1S/C15H17N5OS/c16-12-2-1-10(9-17-12)14-18-11-3-8-22-13(11)15(19-14)20-4-6-21-7-5-20/h1-2,9H,3-8H2,(H2,16,17). The van der Waals surface area contributed by atoms with Crippen molar-refractivity contribution in [2.75, 3.05) is 42.7 Å². The Morgan fingerprint density at radius 3 is 2.82 bits per heavy atom. The van der Waals surface area contributed by atoms with Crippen molar-refractivity contribution in [2.24, 2.45) is 0 Å². The average molecular weight is 315 g/mol. The van der Waals surface area contributed by atoms with E-state index >= 15 is 0 Å². The zero-order chi connectivity index (χ0) is 14.9. The van der Waals surface area contributed by atoms with Crippen LogP contribution in [0.15, 0.2) is 23.2 Å². The molecule has 0 aromatic carbocycles. The van der Waals surface area contributed by atoms with E-state index in [-0.39, 0.29) is 0 Å². The molecule has 22 heavy (non-hydrogen) atoms. The third-order valence-corrected chi connectivity index (χ3v) is 4.97. The van der Waals surface area contributed by atoms with Crippen LogP contribution in [0, 0.1) is 0 Å². The maximum absolute atomic E-state index is 5.66. The van der Waals surface area contributed by atoms with E-state index in [9.17, 15) is 0 Å². The van der Waals surface area contributed by atoms with Gasteiger partial charge in [0.2, 0.25) is 0 Å². The van der Waals surface area contributed by atoms with E-state index in [4.69, 9.17) is 20.4 Å². The smallest absolute Gasteiger partial charge is 0.163 e. The highest BCUT2D eigenvalue weighted by Gasteiger charge is 2.25. The van der Waals surface area contributed by atoms with E-state index in [1.54, 1.807) is 12.3 Å². The molecule has 4 heterocycles. The molecule has 0 unspecified atom stereocenters. The van der Waals surface area contributed by atoms with Gasteiger partial charge in [-0.3, -0.25) is 0 Å². The van der Waals surface area contributed by atoms with Crippen LogP contribution in [0.5, 0.6) is 0 Å². The highest BCUT2D eigenvalue weighted by Crippen LogP contribution is 2.38. The van der Waals surface area contributed by atoms with Crippen molar-refractivity contribution in [3.8, 4) is 11.4 Å². The van der Waals surface area contributed by atoms with Crippen LogP contribution in [-0.2, 0) is 11.2 Å². The van der Waals surface area contributed by atoms with Gasteiger partial charge in [-0.15, -0.1) is 11.8 Å². The molecule has 6 nitrogen and oxygen atoms in total. The Balaban J connectivity index is 1.78. The van der Waals surface area contributed by atoms with Gasteiger partial charge >= 0.3 is 0 Å². The third kappa shape index (κ3) is 2.50. The van der Waals surface area contributed by atoms with E-state index in [0.717, 1.165) is 61.4 Å². The van der Waals surface area contributed by atoms with Crippen LogP contribution in [0.2, 0.25) is 0 Å². The zero-order valence-electron chi connectivity index (χ0n) is 12.2. The van der Waals surface area contributed by atoms with E-state index < -0.39 is 0 Å². The molecular formula is C15H17N5OS. The second-order valence-corrected chi connectivity index (χ2v) is 6.42. The van der Waals surface area contributed by atoms with Gasteiger partial charge in [-0.25, -0.2) is 15.0 Å². The first-order chi connectivity index (χ1) is 10.8. The number of fused-ring (bicyclic) bond motifs is 1. The SMILES string of the molecule is Nc1ccc(-c2nc3c(c(N4CCOCC4)n2)SCC3)cn1. The number of hydrogen-bond donors (Lipinski definition) is 1. The molecule has 114 valence electrons. The number of ether oxygens (including phenoxy) is 1. The van der Waals surface area contributed by atoms with Crippen molar-refractivity contribution in [1.82, 2.24) is 15.0 Å². The molecule has 7 heteroatoms. The number of nitrogens with zero attached hydrogens (tertiary/aromatic N) is 4. The number of hydrogen-bond acceptors (Lipinski definition) is 7.